The Morgan fingerprint density at radius 2 is 2.18 bits per heavy atom. The van der Waals surface area contributed by atoms with Crippen LogP contribution in [0.4, 0.5) is 14.9 Å². The van der Waals surface area contributed by atoms with Crippen molar-refractivity contribution in [3.63, 3.8) is 0 Å². The molecule has 0 radical (unpaired) electrons. The topological polar surface area (TPSA) is 70.6 Å². The minimum absolute atomic E-state index is 0.0829. The van der Waals surface area contributed by atoms with E-state index in [9.17, 15) is 14.3 Å². The first-order valence-electron chi connectivity index (χ1n) is 7.68. The molecule has 0 unspecified atom stereocenters. The van der Waals surface area contributed by atoms with Gasteiger partial charge in [-0.2, -0.15) is 0 Å². The molecule has 3 N–H and O–H groups in total. The molecule has 0 atom stereocenters. The van der Waals surface area contributed by atoms with Crippen molar-refractivity contribution in [3.05, 3.63) is 24.0 Å². The van der Waals surface area contributed by atoms with Crippen LogP contribution in [0.1, 0.15) is 25.7 Å². The third kappa shape index (κ3) is 3.88. The lowest BCUT2D eigenvalue weighted by atomic mass is 10.1. The molecule has 2 saturated carbocycles. The fraction of sp³-hybridized carbons (Fsp3) is 0.562. The van der Waals surface area contributed by atoms with E-state index in [1.807, 2.05) is 0 Å². The molecule has 6 heteroatoms. The van der Waals surface area contributed by atoms with Crippen molar-refractivity contribution in [2.24, 2.45) is 11.3 Å². The Morgan fingerprint density at radius 1 is 1.41 bits per heavy atom. The van der Waals surface area contributed by atoms with Crippen LogP contribution < -0.4 is 15.4 Å². The number of halogens is 1. The van der Waals surface area contributed by atoms with Gasteiger partial charge in [-0.25, -0.2) is 9.18 Å². The standard InChI is InChI=1S/C16H21FN2O3/c17-12-3-4-13(14(7-12)22-8-11-1-2-11)19-15(21)18-9-16(10-20)5-6-16/h3-4,7,11,20H,1-2,5-6,8-10H2,(H2,18,19,21). The number of hydrogen-bond acceptors (Lipinski definition) is 3. The Labute approximate surface area is 128 Å². The fourth-order valence-corrected chi connectivity index (χ4v) is 2.21. The monoisotopic (exact) mass is 308 g/mol. The van der Waals surface area contributed by atoms with Crippen molar-refractivity contribution in [2.45, 2.75) is 25.7 Å². The van der Waals surface area contributed by atoms with Gasteiger partial charge in [-0.15, -0.1) is 0 Å². The first kappa shape index (κ1) is 15.1. The Hall–Kier alpha value is -1.82. The summed E-state index contributed by atoms with van der Waals surface area (Å²) in [6.07, 6.45) is 4.13. The number of hydrogen-bond donors (Lipinski definition) is 3. The molecular weight excluding hydrogens is 287 g/mol. The second kappa shape index (κ2) is 6.12. The van der Waals surface area contributed by atoms with E-state index in [1.54, 1.807) is 0 Å². The van der Waals surface area contributed by atoms with Crippen LogP contribution in [0.25, 0.3) is 0 Å². The molecule has 3 rings (SSSR count). The van der Waals surface area contributed by atoms with Gasteiger partial charge in [0.25, 0.3) is 0 Å². The number of nitrogens with one attached hydrogen (secondary N) is 2. The lowest BCUT2D eigenvalue weighted by molar-refractivity contribution is 0.206. The molecule has 0 saturated heterocycles. The Kier molecular flexibility index (Phi) is 4.20. The zero-order chi connectivity index (χ0) is 15.6. The molecule has 2 fully saturated rings. The van der Waals surface area contributed by atoms with Gasteiger partial charge in [0, 0.05) is 18.0 Å². The lowest BCUT2D eigenvalue weighted by Crippen LogP contribution is -2.35. The summed E-state index contributed by atoms with van der Waals surface area (Å²) in [5.41, 5.74) is 0.305. The maximum absolute atomic E-state index is 13.3. The average molecular weight is 308 g/mol. The van der Waals surface area contributed by atoms with Crippen molar-refractivity contribution in [1.29, 1.82) is 0 Å². The second-order valence-corrected chi connectivity index (χ2v) is 6.36. The molecule has 5 nitrogen and oxygen atoms in total. The van der Waals surface area contributed by atoms with Crippen LogP contribution in [0.2, 0.25) is 0 Å². The number of aliphatic hydroxyl groups is 1. The molecule has 1 aromatic carbocycles. The maximum atomic E-state index is 13.3. The molecular formula is C16H21FN2O3. The highest BCUT2D eigenvalue weighted by Crippen LogP contribution is 2.44. The minimum Gasteiger partial charge on any atom is -0.491 e. The normalized spacial score (nSPS) is 18.6. The van der Waals surface area contributed by atoms with Gasteiger partial charge in [0.1, 0.15) is 11.6 Å². The number of aliphatic hydroxyl groups excluding tert-OH is 1. The van der Waals surface area contributed by atoms with E-state index in [-0.39, 0.29) is 18.1 Å². The van der Waals surface area contributed by atoms with Gasteiger partial charge in [0.05, 0.1) is 18.9 Å². The number of rotatable bonds is 7. The molecule has 0 heterocycles. The summed E-state index contributed by atoms with van der Waals surface area (Å²) in [7, 11) is 0. The molecule has 120 valence electrons. The Morgan fingerprint density at radius 3 is 2.82 bits per heavy atom. The fourth-order valence-electron chi connectivity index (χ4n) is 2.21. The molecule has 1 aromatic rings. The van der Waals surface area contributed by atoms with Crippen LogP contribution in [0.5, 0.6) is 5.75 Å². The number of ether oxygens (including phenoxy) is 1. The summed E-state index contributed by atoms with van der Waals surface area (Å²) in [4.78, 5) is 11.9. The van der Waals surface area contributed by atoms with Gasteiger partial charge in [0.15, 0.2) is 0 Å². The quantitative estimate of drug-likeness (QED) is 0.725. The highest BCUT2D eigenvalue weighted by Gasteiger charge is 2.42. The molecule has 2 aliphatic rings. The van der Waals surface area contributed by atoms with E-state index in [4.69, 9.17) is 4.74 Å². The highest BCUT2D eigenvalue weighted by molar-refractivity contribution is 5.90. The van der Waals surface area contributed by atoms with E-state index in [1.165, 1.54) is 18.2 Å². The summed E-state index contributed by atoms with van der Waals surface area (Å²) in [5, 5.41) is 14.7. The van der Waals surface area contributed by atoms with Crippen LogP contribution in [0, 0.1) is 17.2 Å². The molecule has 0 bridgehead atoms. The molecule has 0 spiro atoms. The van der Waals surface area contributed by atoms with Crippen LogP contribution in [-0.4, -0.2) is 30.9 Å². The van der Waals surface area contributed by atoms with E-state index in [0.717, 1.165) is 25.7 Å². The molecule has 0 aliphatic heterocycles. The summed E-state index contributed by atoms with van der Waals surface area (Å²) in [5.74, 6) is 0.503. The zero-order valence-electron chi connectivity index (χ0n) is 12.4. The second-order valence-electron chi connectivity index (χ2n) is 6.36. The van der Waals surface area contributed by atoms with Gasteiger partial charge in [0.2, 0.25) is 0 Å². The van der Waals surface area contributed by atoms with E-state index >= 15 is 0 Å². The Bertz CT molecular complexity index is 556. The number of carbonyl (C=O) groups is 1. The molecule has 2 aliphatic carbocycles. The van der Waals surface area contributed by atoms with Gasteiger partial charge in [-0.05, 0) is 43.7 Å². The van der Waals surface area contributed by atoms with Crippen LogP contribution >= 0.6 is 0 Å². The third-order valence-electron chi connectivity index (χ3n) is 4.28. The number of amides is 2. The third-order valence-corrected chi connectivity index (χ3v) is 4.28. The van der Waals surface area contributed by atoms with E-state index in [0.29, 0.717) is 30.5 Å². The van der Waals surface area contributed by atoms with Crippen molar-refractivity contribution < 1.29 is 19.0 Å². The predicted molar refractivity (Wildman–Crippen MR) is 80.4 cm³/mol. The first-order valence-corrected chi connectivity index (χ1v) is 7.68. The van der Waals surface area contributed by atoms with Crippen LogP contribution in [0.15, 0.2) is 18.2 Å². The van der Waals surface area contributed by atoms with Gasteiger partial charge in [-0.3, -0.25) is 0 Å². The lowest BCUT2D eigenvalue weighted by Gasteiger charge is -2.15. The van der Waals surface area contributed by atoms with E-state index < -0.39 is 5.82 Å². The van der Waals surface area contributed by atoms with Crippen molar-refractivity contribution in [3.8, 4) is 5.75 Å². The Balaban J connectivity index is 1.56. The SMILES string of the molecule is O=C(NCC1(CO)CC1)Nc1ccc(F)cc1OCC1CC1. The number of urea groups is 1. The number of anilines is 1. The summed E-state index contributed by atoms with van der Waals surface area (Å²) in [6.45, 7) is 1.07. The van der Waals surface area contributed by atoms with Gasteiger partial charge >= 0.3 is 6.03 Å². The van der Waals surface area contributed by atoms with Crippen molar-refractivity contribution >= 4 is 11.7 Å². The predicted octanol–water partition coefficient (Wildman–Crippen LogP) is 2.51. The first-order chi connectivity index (χ1) is 10.6. The smallest absolute Gasteiger partial charge is 0.319 e. The van der Waals surface area contributed by atoms with Crippen molar-refractivity contribution in [2.75, 3.05) is 25.1 Å². The highest BCUT2D eigenvalue weighted by atomic mass is 19.1. The maximum Gasteiger partial charge on any atom is 0.319 e. The minimum atomic E-state index is -0.394. The van der Waals surface area contributed by atoms with Gasteiger partial charge < -0.3 is 20.5 Å². The number of carbonyl (C=O) groups excluding carboxylic acids is 1. The van der Waals surface area contributed by atoms with Gasteiger partial charge in [-0.1, -0.05) is 0 Å². The molecule has 2 amide bonds. The largest absolute Gasteiger partial charge is 0.491 e. The van der Waals surface area contributed by atoms with Crippen LogP contribution in [0.3, 0.4) is 0 Å². The average Bonchev–Trinajstić information content (AvgIpc) is 3.41. The molecule has 22 heavy (non-hydrogen) atoms. The summed E-state index contributed by atoms with van der Waals surface area (Å²) < 4.78 is 18.9. The van der Waals surface area contributed by atoms with Crippen LogP contribution in [-0.2, 0) is 0 Å². The summed E-state index contributed by atoms with van der Waals surface area (Å²) in [6, 6.07) is 3.70. The van der Waals surface area contributed by atoms with E-state index in [2.05, 4.69) is 10.6 Å². The zero-order valence-corrected chi connectivity index (χ0v) is 12.4. The summed E-state index contributed by atoms with van der Waals surface area (Å²) >= 11 is 0. The number of benzene rings is 1. The molecule has 0 aromatic heterocycles. The van der Waals surface area contributed by atoms with Crippen molar-refractivity contribution in [1.82, 2.24) is 5.32 Å².